The van der Waals surface area contributed by atoms with Gasteiger partial charge < -0.3 is 9.13 Å². The number of hydrogen-bond donors (Lipinski definition) is 0. The fraction of sp³-hybridized carbons (Fsp3) is 0.333. The van der Waals surface area contributed by atoms with Gasteiger partial charge in [0.05, 0.1) is 22.1 Å². The molecule has 0 spiro atoms. The van der Waals surface area contributed by atoms with E-state index in [-0.39, 0.29) is 0 Å². The zero-order valence-electron chi connectivity index (χ0n) is 9.94. The quantitative estimate of drug-likeness (QED) is 0.574. The highest BCUT2D eigenvalue weighted by Gasteiger charge is 2.09. The number of hydrogen-bond acceptors (Lipinski definition) is 2. The number of fused-ring (bicyclic) bond motifs is 2. The maximum atomic E-state index is 4.52. The summed E-state index contributed by atoms with van der Waals surface area (Å²) >= 11 is 0. The molecule has 0 fully saturated rings. The SMILES string of the molecule is Cc1nc2cc3nc(C)n(C)c3cc2n1C. The second-order valence-electron chi connectivity index (χ2n) is 4.27. The Labute approximate surface area is 93.5 Å². The van der Waals surface area contributed by atoms with Crippen LogP contribution in [0.15, 0.2) is 12.1 Å². The summed E-state index contributed by atoms with van der Waals surface area (Å²) in [6, 6.07) is 4.22. The lowest BCUT2D eigenvalue weighted by Gasteiger charge is -1.99. The average Bonchev–Trinajstić information content (AvgIpc) is 2.66. The number of rotatable bonds is 0. The lowest BCUT2D eigenvalue weighted by atomic mass is 10.2. The van der Waals surface area contributed by atoms with Gasteiger partial charge in [-0.15, -0.1) is 0 Å². The minimum Gasteiger partial charge on any atom is -0.331 e. The van der Waals surface area contributed by atoms with Crippen molar-refractivity contribution in [3.63, 3.8) is 0 Å². The third-order valence-electron chi connectivity index (χ3n) is 3.33. The predicted octanol–water partition coefficient (Wildman–Crippen LogP) is 2.08. The topological polar surface area (TPSA) is 35.6 Å². The molecule has 0 bridgehead atoms. The molecule has 0 amide bonds. The molecule has 3 aromatic rings. The fourth-order valence-corrected chi connectivity index (χ4v) is 2.12. The van der Waals surface area contributed by atoms with Crippen LogP contribution in [0, 0.1) is 13.8 Å². The van der Waals surface area contributed by atoms with Crippen LogP contribution >= 0.6 is 0 Å². The van der Waals surface area contributed by atoms with Crippen molar-refractivity contribution in [2.24, 2.45) is 14.1 Å². The summed E-state index contributed by atoms with van der Waals surface area (Å²) in [5.41, 5.74) is 4.36. The molecule has 0 atom stereocenters. The van der Waals surface area contributed by atoms with Gasteiger partial charge in [-0.1, -0.05) is 0 Å². The molecule has 0 N–H and O–H groups in total. The number of aryl methyl sites for hydroxylation is 4. The Kier molecular flexibility index (Phi) is 1.67. The van der Waals surface area contributed by atoms with E-state index in [1.54, 1.807) is 0 Å². The largest absolute Gasteiger partial charge is 0.331 e. The van der Waals surface area contributed by atoms with Crippen LogP contribution < -0.4 is 0 Å². The average molecular weight is 214 g/mol. The van der Waals surface area contributed by atoms with E-state index in [9.17, 15) is 0 Å². The third kappa shape index (κ3) is 1.04. The summed E-state index contributed by atoms with van der Waals surface area (Å²) in [7, 11) is 4.08. The van der Waals surface area contributed by atoms with Crippen LogP contribution in [0.1, 0.15) is 11.6 Å². The molecule has 0 unspecified atom stereocenters. The smallest absolute Gasteiger partial charge is 0.106 e. The van der Waals surface area contributed by atoms with E-state index in [1.165, 1.54) is 0 Å². The second-order valence-corrected chi connectivity index (χ2v) is 4.27. The van der Waals surface area contributed by atoms with E-state index < -0.39 is 0 Å². The van der Waals surface area contributed by atoms with Crippen molar-refractivity contribution in [3.05, 3.63) is 23.8 Å². The van der Waals surface area contributed by atoms with Gasteiger partial charge in [0.15, 0.2) is 0 Å². The molecular formula is C12H14N4. The van der Waals surface area contributed by atoms with Crippen molar-refractivity contribution in [1.29, 1.82) is 0 Å². The molecule has 3 rings (SSSR count). The van der Waals surface area contributed by atoms with Crippen molar-refractivity contribution in [3.8, 4) is 0 Å². The molecule has 2 heterocycles. The zero-order chi connectivity index (χ0) is 11.4. The molecule has 4 heteroatoms. The molecule has 0 radical (unpaired) electrons. The summed E-state index contributed by atoms with van der Waals surface area (Å²) in [6.07, 6.45) is 0. The highest BCUT2D eigenvalue weighted by molar-refractivity contribution is 5.92. The van der Waals surface area contributed by atoms with Gasteiger partial charge in [0, 0.05) is 14.1 Å². The summed E-state index contributed by atoms with van der Waals surface area (Å²) in [5, 5.41) is 0. The van der Waals surface area contributed by atoms with E-state index in [4.69, 9.17) is 0 Å². The van der Waals surface area contributed by atoms with Crippen LogP contribution in [-0.4, -0.2) is 19.1 Å². The van der Waals surface area contributed by atoms with Gasteiger partial charge >= 0.3 is 0 Å². The maximum Gasteiger partial charge on any atom is 0.106 e. The van der Waals surface area contributed by atoms with Crippen LogP contribution in [0.25, 0.3) is 22.1 Å². The monoisotopic (exact) mass is 214 g/mol. The van der Waals surface area contributed by atoms with Gasteiger partial charge in [0.2, 0.25) is 0 Å². The van der Waals surface area contributed by atoms with E-state index in [0.29, 0.717) is 0 Å². The normalized spacial score (nSPS) is 11.8. The molecule has 1 aromatic carbocycles. The summed E-state index contributed by atoms with van der Waals surface area (Å²) in [6.45, 7) is 4.03. The Bertz CT molecular complexity index is 645. The van der Waals surface area contributed by atoms with Gasteiger partial charge in [0.1, 0.15) is 11.6 Å². The summed E-state index contributed by atoms with van der Waals surface area (Å²) in [4.78, 5) is 9.03. The van der Waals surface area contributed by atoms with Gasteiger partial charge in [-0.3, -0.25) is 0 Å². The van der Waals surface area contributed by atoms with Gasteiger partial charge in [-0.05, 0) is 26.0 Å². The fourth-order valence-electron chi connectivity index (χ4n) is 2.12. The molecule has 0 aliphatic rings. The van der Waals surface area contributed by atoms with Gasteiger partial charge in [-0.2, -0.15) is 0 Å². The summed E-state index contributed by atoms with van der Waals surface area (Å²) < 4.78 is 4.22. The number of aromatic nitrogens is 4. The van der Waals surface area contributed by atoms with Crippen molar-refractivity contribution in [2.45, 2.75) is 13.8 Å². The van der Waals surface area contributed by atoms with Crippen molar-refractivity contribution >= 4 is 22.1 Å². The standard InChI is InChI=1S/C12H14N4/c1-7-13-9-5-10-12(6-11(9)15(7)3)16(4)8(2)14-10/h5-6H,1-4H3. The number of benzene rings is 1. The van der Waals surface area contributed by atoms with E-state index >= 15 is 0 Å². The Morgan fingerprint density at radius 1 is 0.812 bits per heavy atom. The number of imidazole rings is 2. The Balaban J connectivity index is 2.53. The minimum absolute atomic E-state index is 1.02. The van der Waals surface area contributed by atoms with Crippen molar-refractivity contribution in [2.75, 3.05) is 0 Å². The van der Waals surface area contributed by atoms with E-state index in [1.807, 2.05) is 27.9 Å². The highest BCUT2D eigenvalue weighted by atomic mass is 15.1. The molecule has 0 saturated carbocycles. The molecule has 82 valence electrons. The Hall–Kier alpha value is -1.84. The first-order chi connectivity index (χ1) is 7.58. The van der Waals surface area contributed by atoms with Gasteiger partial charge in [-0.25, -0.2) is 9.97 Å². The second kappa shape index (κ2) is 2.84. The first kappa shape index (κ1) is 9.39. The van der Waals surface area contributed by atoms with Crippen LogP contribution in [-0.2, 0) is 14.1 Å². The highest BCUT2D eigenvalue weighted by Crippen LogP contribution is 2.22. The van der Waals surface area contributed by atoms with E-state index in [0.717, 1.165) is 33.7 Å². The molecule has 16 heavy (non-hydrogen) atoms. The minimum atomic E-state index is 1.02. The van der Waals surface area contributed by atoms with E-state index in [2.05, 4.69) is 31.2 Å². The first-order valence-corrected chi connectivity index (χ1v) is 5.34. The van der Waals surface area contributed by atoms with Crippen molar-refractivity contribution in [1.82, 2.24) is 19.1 Å². The lowest BCUT2D eigenvalue weighted by molar-refractivity contribution is 0.878. The molecule has 0 saturated heterocycles. The third-order valence-corrected chi connectivity index (χ3v) is 3.33. The molecule has 4 nitrogen and oxygen atoms in total. The Morgan fingerprint density at radius 3 is 1.69 bits per heavy atom. The summed E-state index contributed by atoms with van der Waals surface area (Å²) in [5.74, 6) is 2.06. The van der Waals surface area contributed by atoms with Crippen LogP contribution in [0.4, 0.5) is 0 Å². The first-order valence-electron chi connectivity index (χ1n) is 5.34. The zero-order valence-corrected chi connectivity index (χ0v) is 9.94. The van der Waals surface area contributed by atoms with Crippen LogP contribution in [0.3, 0.4) is 0 Å². The molecular weight excluding hydrogens is 200 g/mol. The van der Waals surface area contributed by atoms with Crippen LogP contribution in [0.5, 0.6) is 0 Å². The lowest BCUT2D eigenvalue weighted by Crippen LogP contribution is -1.92. The molecule has 0 aliphatic carbocycles. The maximum absolute atomic E-state index is 4.52. The predicted molar refractivity (Wildman–Crippen MR) is 64.5 cm³/mol. The number of nitrogens with zero attached hydrogens (tertiary/aromatic N) is 4. The van der Waals surface area contributed by atoms with Gasteiger partial charge in [0.25, 0.3) is 0 Å². The van der Waals surface area contributed by atoms with Crippen LogP contribution in [0.2, 0.25) is 0 Å². The molecule has 0 aliphatic heterocycles. The Morgan fingerprint density at radius 2 is 1.25 bits per heavy atom. The van der Waals surface area contributed by atoms with Crippen molar-refractivity contribution < 1.29 is 0 Å². The molecule has 2 aromatic heterocycles.